The maximum atomic E-state index is 11.2. The molecule has 0 unspecified atom stereocenters. The van der Waals surface area contributed by atoms with Crippen LogP contribution in [0.5, 0.6) is 0 Å². The van der Waals surface area contributed by atoms with E-state index in [-0.39, 0.29) is 0 Å². The first-order valence-electron chi connectivity index (χ1n) is 5.17. The summed E-state index contributed by atoms with van der Waals surface area (Å²) < 4.78 is 9.86. The predicted molar refractivity (Wildman–Crippen MR) is 60.9 cm³/mol. The molecule has 1 aliphatic heterocycles. The summed E-state index contributed by atoms with van der Waals surface area (Å²) in [5, 5.41) is 5.77. The first-order valence-corrected chi connectivity index (χ1v) is 6.05. The number of carbonyl (C=O) groups is 1. The van der Waals surface area contributed by atoms with Crippen LogP contribution < -0.4 is 5.32 Å². The molecule has 1 aromatic rings. The zero-order chi connectivity index (χ0) is 11.4. The van der Waals surface area contributed by atoms with Crippen LogP contribution in [0.25, 0.3) is 0 Å². The van der Waals surface area contributed by atoms with Crippen molar-refractivity contribution in [3.8, 4) is 0 Å². The lowest BCUT2D eigenvalue weighted by Crippen LogP contribution is -2.27. The molecule has 1 aromatic heterocycles. The Balaban J connectivity index is 1.94. The number of ether oxygens (including phenoxy) is 2. The van der Waals surface area contributed by atoms with Gasteiger partial charge in [0.15, 0.2) is 10.8 Å². The van der Waals surface area contributed by atoms with E-state index in [9.17, 15) is 4.79 Å². The molecule has 0 aliphatic carbocycles. The number of nitrogens with zero attached hydrogens (tertiary/aromatic N) is 1. The van der Waals surface area contributed by atoms with Gasteiger partial charge >= 0.3 is 5.97 Å². The zero-order valence-corrected chi connectivity index (χ0v) is 9.88. The minimum Gasteiger partial charge on any atom is -0.464 e. The van der Waals surface area contributed by atoms with Crippen molar-refractivity contribution in [3.63, 3.8) is 0 Å². The highest BCUT2D eigenvalue weighted by molar-refractivity contribution is 7.13. The first-order chi connectivity index (χ1) is 7.79. The second-order valence-corrected chi connectivity index (χ2v) is 4.42. The SMILES string of the molecule is COC(=O)c1csc(NC2CCOCC2)n1. The van der Waals surface area contributed by atoms with E-state index in [1.165, 1.54) is 18.4 Å². The van der Waals surface area contributed by atoms with E-state index in [0.717, 1.165) is 31.2 Å². The Bertz CT molecular complexity index is 361. The van der Waals surface area contributed by atoms with Crippen molar-refractivity contribution in [3.05, 3.63) is 11.1 Å². The number of methoxy groups -OCH3 is 1. The molecule has 0 radical (unpaired) electrons. The van der Waals surface area contributed by atoms with Crippen LogP contribution in [0.1, 0.15) is 23.3 Å². The summed E-state index contributed by atoms with van der Waals surface area (Å²) in [5.74, 6) is -0.392. The third kappa shape index (κ3) is 2.70. The fraction of sp³-hybridized carbons (Fsp3) is 0.600. The van der Waals surface area contributed by atoms with E-state index >= 15 is 0 Å². The normalized spacial score (nSPS) is 17.1. The van der Waals surface area contributed by atoms with Gasteiger partial charge < -0.3 is 14.8 Å². The van der Waals surface area contributed by atoms with Crippen molar-refractivity contribution in [1.82, 2.24) is 4.98 Å². The molecule has 16 heavy (non-hydrogen) atoms. The molecule has 0 amide bonds. The highest BCUT2D eigenvalue weighted by Gasteiger charge is 2.16. The topological polar surface area (TPSA) is 60.5 Å². The third-order valence-corrected chi connectivity index (χ3v) is 3.22. The smallest absolute Gasteiger partial charge is 0.357 e. The number of rotatable bonds is 3. The van der Waals surface area contributed by atoms with Crippen LogP contribution in [0.4, 0.5) is 5.13 Å². The van der Waals surface area contributed by atoms with Crippen LogP contribution in [0.2, 0.25) is 0 Å². The van der Waals surface area contributed by atoms with Crippen LogP contribution in [0, 0.1) is 0 Å². The second kappa shape index (κ2) is 5.27. The standard InChI is InChI=1S/C10H14N2O3S/c1-14-9(13)8-6-16-10(12-8)11-7-2-4-15-5-3-7/h6-7H,2-5H2,1H3,(H,11,12). The molecular formula is C10H14N2O3S. The van der Waals surface area contributed by atoms with Gasteiger partial charge in [0.05, 0.1) is 7.11 Å². The van der Waals surface area contributed by atoms with Crippen LogP contribution in [-0.2, 0) is 9.47 Å². The van der Waals surface area contributed by atoms with Crippen LogP contribution >= 0.6 is 11.3 Å². The van der Waals surface area contributed by atoms with Crippen molar-refractivity contribution in [1.29, 1.82) is 0 Å². The van der Waals surface area contributed by atoms with Gasteiger partial charge in [-0.15, -0.1) is 11.3 Å². The van der Waals surface area contributed by atoms with Gasteiger partial charge in [-0.25, -0.2) is 9.78 Å². The average molecular weight is 242 g/mol. The van der Waals surface area contributed by atoms with Crippen molar-refractivity contribution in [2.24, 2.45) is 0 Å². The van der Waals surface area contributed by atoms with Gasteiger partial charge in [-0.05, 0) is 12.8 Å². The van der Waals surface area contributed by atoms with E-state index in [0.29, 0.717) is 11.7 Å². The summed E-state index contributed by atoms with van der Waals surface area (Å²) in [7, 11) is 1.35. The van der Waals surface area contributed by atoms with Crippen LogP contribution in [0.15, 0.2) is 5.38 Å². The number of aromatic nitrogens is 1. The lowest BCUT2D eigenvalue weighted by molar-refractivity contribution is 0.0595. The Kier molecular flexibility index (Phi) is 3.74. The molecule has 0 bridgehead atoms. The van der Waals surface area contributed by atoms with Gasteiger partial charge in [-0.3, -0.25) is 0 Å². The highest BCUT2D eigenvalue weighted by Crippen LogP contribution is 2.19. The summed E-state index contributed by atoms with van der Waals surface area (Å²) in [6.07, 6.45) is 1.96. The maximum absolute atomic E-state index is 11.2. The molecule has 0 atom stereocenters. The molecule has 1 N–H and O–H groups in total. The van der Waals surface area contributed by atoms with Gasteiger partial charge in [0.1, 0.15) is 0 Å². The van der Waals surface area contributed by atoms with Crippen LogP contribution in [0.3, 0.4) is 0 Å². The second-order valence-electron chi connectivity index (χ2n) is 3.56. The van der Waals surface area contributed by atoms with Gasteiger partial charge in [0.25, 0.3) is 0 Å². The number of thiazole rings is 1. The molecule has 1 aliphatic rings. The lowest BCUT2D eigenvalue weighted by Gasteiger charge is -2.22. The molecule has 0 spiro atoms. The van der Waals surface area contributed by atoms with Crippen molar-refractivity contribution < 1.29 is 14.3 Å². The summed E-state index contributed by atoms with van der Waals surface area (Å²) in [6.45, 7) is 1.57. The van der Waals surface area contributed by atoms with Gasteiger partial charge in [0, 0.05) is 24.6 Å². The highest BCUT2D eigenvalue weighted by atomic mass is 32.1. The fourth-order valence-electron chi connectivity index (χ4n) is 1.55. The minimum atomic E-state index is -0.392. The summed E-state index contributed by atoms with van der Waals surface area (Å²) in [5.41, 5.74) is 0.363. The first kappa shape index (κ1) is 11.3. The number of hydrogen-bond acceptors (Lipinski definition) is 6. The Morgan fingerprint density at radius 1 is 1.62 bits per heavy atom. The third-order valence-electron chi connectivity index (χ3n) is 2.45. The Morgan fingerprint density at radius 2 is 2.38 bits per heavy atom. The number of carbonyl (C=O) groups excluding carboxylic acids is 1. The Hall–Kier alpha value is -1.14. The molecule has 6 heteroatoms. The number of nitrogens with one attached hydrogen (secondary N) is 1. The number of hydrogen-bond donors (Lipinski definition) is 1. The van der Waals surface area contributed by atoms with Gasteiger partial charge in [-0.1, -0.05) is 0 Å². The largest absolute Gasteiger partial charge is 0.464 e. The van der Waals surface area contributed by atoms with Gasteiger partial charge in [-0.2, -0.15) is 0 Å². The quantitative estimate of drug-likeness (QED) is 0.814. The van der Waals surface area contributed by atoms with E-state index in [4.69, 9.17) is 4.74 Å². The molecule has 2 rings (SSSR count). The average Bonchev–Trinajstić information content (AvgIpc) is 2.78. The molecule has 0 saturated carbocycles. The van der Waals surface area contributed by atoms with Crippen molar-refractivity contribution >= 4 is 22.4 Å². The molecule has 1 saturated heterocycles. The van der Waals surface area contributed by atoms with Gasteiger partial charge in [0.2, 0.25) is 0 Å². The van der Waals surface area contributed by atoms with Crippen molar-refractivity contribution in [2.75, 3.05) is 25.6 Å². The summed E-state index contributed by atoms with van der Waals surface area (Å²) in [4.78, 5) is 15.4. The maximum Gasteiger partial charge on any atom is 0.357 e. The number of anilines is 1. The monoisotopic (exact) mass is 242 g/mol. The van der Waals surface area contributed by atoms with E-state index in [2.05, 4.69) is 15.0 Å². The van der Waals surface area contributed by atoms with Crippen molar-refractivity contribution in [2.45, 2.75) is 18.9 Å². The van der Waals surface area contributed by atoms with E-state index < -0.39 is 5.97 Å². The molecular weight excluding hydrogens is 228 g/mol. The minimum absolute atomic E-state index is 0.363. The summed E-state index contributed by atoms with van der Waals surface area (Å²) in [6, 6.07) is 0.394. The fourth-order valence-corrected chi connectivity index (χ4v) is 2.31. The molecule has 1 fully saturated rings. The van der Waals surface area contributed by atoms with E-state index in [1.807, 2.05) is 0 Å². The Morgan fingerprint density at radius 3 is 3.06 bits per heavy atom. The predicted octanol–water partition coefficient (Wildman–Crippen LogP) is 1.52. The Labute approximate surface area is 97.8 Å². The molecule has 88 valence electrons. The molecule has 5 nitrogen and oxygen atoms in total. The molecule has 2 heterocycles. The number of esters is 1. The zero-order valence-electron chi connectivity index (χ0n) is 9.06. The van der Waals surface area contributed by atoms with Crippen LogP contribution in [-0.4, -0.2) is 37.3 Å². The summed E-state index contributed by atoms with van der Waals surface area (Å²) >= 11 is 1.42. The molecule has 0 aromatic carbocycles. The lowest BCUT2D eigenvalue weighted by atomic mass is 10.1. The van der Waals surface area contributed by atoms with E-state index in [1.54, 1.807) is 5.38 Å².